The van der Waals surface area contributed by atoms with E-state index in [0.29, 0.717) is 52.6 Å². The Labute approximate surface area is 302 Å². The van der Waals surface area contributed by atoms with Gasteiger partial charge >= 0.3 is 12.1 Å². The fourth-order valence-electron chi connectivity index (χ4n) is 8.62. The number of benzene rings is 2. The highest BCUT2D eigenvalue weighted by atomic mass is 35.5. The van der Waals surface area contributed by atoms with Crippen LogP contribution in [0.3, 0.4) is 0 Å². The van der Waals surface area contributed by atoms with Gasteiger partial charge < -0.3 is 23.8 Å². The first-order valence-corrected chi connectivity index (χ1v) is 18.3. The zero-order valence-electron chi connectivity index (χ0n) is 29.6. The molecule has 4 saturated heterocycles. The number of ether oxygens (including phenoxy) is 4. The Bertz CT molecular complexity index is 1970. The number of amides is 1. The van der Waals surface area contributed by atoms with Crippen molar-refractivity contribution in [2.24, 2.45) is 0 Å². The van der Waals surface area contributed by atoms with Gasteiger partial charge in [-0.05, 0) is 96.0 Å². The molecule has 4 aromatic rings. The number of piperazine rings is 1. The van der Waals surface area contributed by atoms with Gasteiger partial charge in [0.15, 0.2) is 12.6 Å². The number of carbonyl (C=O) groups excluding carboxylic acids is 1. The minimum atomic E-state index is -0.608. The molecule has 4 aliphatic heterocycles. The molecule has 0 saturated carbocycles. The summed E-state index contributed by atoms with van der Waals surface area (Å²) in [6, 6.07) is 9.07. The molecule has 13 heteroatoms. The zero-order chi connectivity index (χ0) is 35.5. The Morgan fingerprint density at radius 3 is 2.51 bits per heavy atom. The van der Waals surface area contributed by atoms with Gasteiger partial charge in [-0.1, -0.05) is 23.7 Å². The second kappa shape index (κ2) is 13.2. The molecule has 1 amide bonds. The van der Waals surface area contributed by atoms with E-state index in [0.717, 1.165) is 57.0 Å². The molecule has 51 heavy (non-hydrogen) atoms. The summed E-state index contributed by atoms with van der Waals surface area (Å²) in [4.78, 5) is 34.2. The minimum absolute atomic E-state index is 0.0263. The Balaban J connectivity index is 1.22. The van der Waals surface area contributed by atoms with Crippen molar-refractivity contribution in [2.75, 3.05) is 51.6 Å². The highest BCUT2D eigenvalue weighted by Crippen LogP contribution is 2.42. The van der Waals surface area contributed by atoms with Crippen molar-refractivity contribution in [2.45, 2.75) is 82.5 Å². The smallest absolute Gasteiger partial charge is 0.410 e. The fraction of sp³-hybridized carbons (Fsp3) is 0.526. The third kappa shape index (κ3) is 6.29. The monoisotopic (exact) mass is 718 g/mol. The predicted molar refractivity (Wildman–Crippen MR) is 193 cm³/mol. The predicted octanol–water partition coefficient (Wildman–Crippen LogP) is 7.22. The largest absolute Gasteiger partial charge is 0.468 e. The van der Waals surface area contributed by atoms with Crippen LogP contribution in [0.15, 0.2) is 36.5 Å². The van der Waals surface area contributed by atoms with Crippen molar-refractivity contribution < 1.29 is 28.1 Å². The van der Waals surface area contributed by atoms with Crippen LogP contribution >= 0.6 is 11.6 Å². The summed E-state index contributed by atoms with van der Waals surface area (Å²) in [5, 5.41) is 2.36. The third-order valence-electron chi connectivity index (χ3n) is 10.8. The lowest BCUT2D eigenvalue weighted by molar-refractivity contribution is 0.0122. The van der Waals surface area contributed by atoms with E-state index in [2.05, 4.69) is 9.80 Å². The minimum Gasteiger partial charge on any atom is -0.468 e. The first-order chi connectivity index (χ1) is 24.5. The van der Waals surface area contributed by atoms with Crippen LogP contribution in [0, 0.1) is 5.82 Å². The summed E-state index contributed by atoms with van der Waals surface area (Å²) in [6.07, 6.45) is 7.39. The van der Waals surface area contributed by atoms with E-state index in [1.54, 1.807) is 25.4 Å². The van der Waals surface area contributed by atoms with Gasteiger partial charge in [-0.2, -0.15) is 9.97 Å². The molecule has 270 valence electrons. The normalized spacial score (nSPS) is 21.5. The van der Waals surface area contributed by atoms with Crippen LogP contribution in [0.2, 0.25) is 5.02 Å². The second-order valence-electron chi connectivity index (χ2n) is 15.3. The van der Waals surface area contributed by atoms with E-state index >= 15 is 4.39 Å². The number of hydrogen-bond acceptors (Lipinski definition) is 10. The lowest BCUT2D eigenvalue weighted by Crippen LogP contribution is -2.57. The molecular weight excluding hydrogens is 675 g/mol. The summed E-state index contributed by atoms with van der Waals surface area (Å²) < 4.78 is 40.3. The lowest BCUT2D eigenvalue weighted by atomic mass is 9.95. The van der Waals surface area contributed by atoms with E-state index in [4.69, 9.17) is 45.5 Å². The highest BCUT2D eigenvalue weighted by Gasteiger charge is 2.46. The summed E-state index contributed by atoms with van der Waals surface area (Å²) in [7, 11) is 1.54. The Hall–Kier alpha value is -4.00. The van der Waals surface area contributed by atoms with Gasteiger partial charge in [-0.25, -0.2) is 9.18 Å². The van der Waals surface area contributed by atoms with Gasteiger partial charge in [0.25, 0.3) is 0 Å². The van der Waals surface area contributed by atoms with Crippen molar-refractivity contribution in [3.8, 4) is 23.0 Å². The van der Waals surface area contributed by atoms with Gasteiger partial charge in [0.05, 0.1) is 23.0 Å². The zero-order valence-corrected chi connectivity index (χ0v) is 30.3. The molecule has 2 bridgehead atoms. The van der Waals surface area contributed by atoms with E-state index in [-0.39, 0.29) is 47.7 Å². The van der Waals surface area contributed by atoms with Crippen LogP contribution in [0.5, 0.6) is 11.8 Å². The molecule has 4 aliphatic rings. The van der Waals surface area contributed by atoms with Crippen molar-refractivity contribution in [1.29, 1.82) is 0 Å². The number of aromatic nitrogens is 3. The quantitative estimate of drug-likeness (QED) is 0.174. The molecular formula is C38H44ClFN6O5. The molecule has 0 radical (unpaired) electrons. The first kappa shape index (κ1) is 34.1. The maximum Gasteiger partial charge on any atom is 0.410 e. The maximum absolute atomic E-state index is 17.2. The SMILES string of the molecule is COCOc1cc(-c2ncc3c(N4CC5CCC(C4)N5C(=O)OC(C)(C)C)nc(OCC45CCCN4CCC5)nc3c2F)c2c(Cl)cccc2c1. The van der Waals surface area contributed by atoms with E-state index < -0.39 is 11.4 Å². The van der Waals surface area contributed by atoms with Crippen molar-refractivity contribution in [3.63, 3.8) is 0 Å². The van der Waals surface area contributed by atoms with Gasteiger partial charge in [-0.15, -0.1) is 0 Å². The fourth-order valence-corrected chi connectivity index (χ4v) is 8.90. The van der Waals surface area contributed by atoms with Gasteiger partial charge in [0.1, 0.15) is 35.0 Å². The summed E-state index contributed by atoms with van der Waals surface area (Å²) >= 11 is 6.73. The van der Waals surface area contributed by atoms with E-state index in [1.165, 1.54) is 0 Å². The number of carbonyl (C=O) groups is 1. The Kier molecular flexibility index (Phi) is 8.83. The summed E-state index contributed by atoms with van der Waals surface area (Å²) in [6.45, 7) is 9.25. The standard InChI is InChI=1S/C38H44ClFN6O5/c1-37(2,3)51-36(47)46-24-10-11-25(46)20-44(19-24)34-28-18-41-32(27-17-26(50-22-48-4)16-23-8-5-9-29(39)30(23)27)31(40)33(28)42-35(43-34)49-21-38-12-6-14-45(38)15-7-13-38/h5,8-9,16-18,24-25H,6-7,10-15,19-22H2,1-4H3. The third-order valence-corrected chi connectivity index (χ3v) is 11.1. The second-order valence-corrected chi connectivity index (χ2v) is 15.7. The number of rotatable bonds is 8. The molecule has 2 aromatic heterocycles. The number of anilines is 1. The molecule has 0 spiro atoms. The summed E-state index contributed by atoms with van der Waals surface area (Å²) in [5.41, 5.74) is 0.0312. The first-order valence-electron chi connectivity index (χ1n) is 17.9. The molecule has 6 heterocycles. The number of nitrogens with zero attached hydrogens (tertiary/aromatic N) is 6. The topological polar surface area (TPSA) is 102 Å². The molecule has 2 unspecified atom stereocenters. The average molecular weight is 719 g/mol. The molecule has 8 rings (SSSR count). The highest BCUT2D eigenvalue weighted by molar-refractivity contribution is 6.36. The number of fused-ring (bicyclic) bond motifs is 5. The van der Waals surface area contributed by atoms with Crippen molar-refractivity contribution in [3.05, 3.63) is 47.4 Å². The maximum atomic E-state index is 17.2. The number of hydrogen-bond donors (Lipinski definition) is 0. The van der Waals surface area contributed by atoms with Gasteiger partial charge in [0, 0.05) is 42.4 Å². The number of pyridine rings is 1. The molecule has 0 aliphatic carbocycles. The van der Waals surface area contributed by atoms with Crippen molar-refractivity contribution in [1.82, 2.24) is 24.8 Å². The van der Waals surface area contributed by atoms with Crippen LogP contribution in [0.1, 0.15) is 59.3 Å². The lowest BCUT2D eigenvalue weighted by Gasteiger charge is -2.42. The van der Waals surface area contributed by atoms with Crippen LogP contribution in [-0.2, 0) is 9.47 Å². The van der Waals surface area contributed by atoms with Gasteiger partial charge in [0.2, 0.25) is 0 Å². The van der Waals surface area contributed by atoms with Crippen LogP contribution < -0.4 is 14.4 Å². The molecule has 2 aromatic carbocycles. The van der Waals surface area contributed by atoms with Crippen LogP contribution in [0.25, 0.3) is 32.9 Å². The van der Waals surface area contributed by atoms with E-state index in [9.17, 15) is 4.79 Å². The van der Waals surface area contributed by atoms with E-state index in [1.807, 2.05) is 43.9 Å². The van der Waals surface area contributed by atoms with Gasteiger partial charge in [-0.3, -0.25) is 14.8 Å². The van der Waals surface area contributed by atoms with Crippen molar-refractivity contribution >= 4 is 45.2 Å². The Morgan fingerprint density at radius 2 is 1.80 bits per heavy atom. The van der Waals surface area contributed by atoms with Crippen LogP contribution in [0.4, 0.5) is 15.0 Å². The number of halogens is 2. The van der Waals surface area contributed by atoms with Crippen LogP contribution in [-0.4, -0.2) is 101 Å². The molecule has 11 nitrogen and oxygen atoms in total. The molecule has 4 fully saturated rings. The summed E-state index contributed by atoms with van der Waals surface area (Å²) in [5.74, 6) is 0.425. The Morgan fingerprint density at radius 1 is 1.06 bits per heavy atom. The molecule has 2 atom stereocenters. The number of methoxy groups -OCH3 is 1. The molecule has 0 N–H and O–H groups in total. The average Bonchev–Trinajstić information content (AvgIpc) is 3.76.